The second-order valence-electron chi connectivity index (χ2n) is 10.0. The highest BCUT2D eigenvalue weighted by Gasteiger charge is 2.46. The van der Waals surface area contributed by atoms with Gasteiger partial charge in [-0.3, -0.25) is 34.3 Å². The van der Waals surface area contributed by atoms with Crippen molar-refractivity contribution < 1.29 is 19.2 Å². The minimum Gasteiger partial charge on any atom is -0.311 e. The Balaban J connectivity index is 1.62. The summed E-state index contributed by atoms with van der Waals surface area (Å²) in [5.74, 6) is -1.24. The van der Waals surface area contributed by atoms with Crippen LogP contribution in [-0.2, 0) is 16.1 Å². The number of nitrogens with zero attached hydrogens (tertiary/aromatic N) is 2. The number of piperazine rings is 1. The molecule has 0 saturated carbocycles. The zero-order valence-corrected chi connectivity index (χ0v) is 19.9. The standard InChI is InChI=1S/C25H34N4O4/c1-14(2)8-9-19-16(4)26-12-15(3)28(19)13-17-6-5-7-18-22(17)25(33)29(24(18)32)20-10-11-21(30)27-23(20)31/h5-7,14-16,19-20,26H,8-13H2,1-4H3,(H,27,30,31). The number of imide groups is 2. The van der Waals surface area contributed by atoms with Crippen LogP contribution >= 0.6 is 0 Å². The minimum atomic E-state index is -0.945. The first kappa shape index (κ1) is 23.6. The van der Waals surface area contributed by atoms with Gasteiger partial charge in [-0.05, 0) is 50.7 Å². The van der Waals surface area contributed by atoms with E-state index >= 15 is 0 Å². The molecule has 4 rings (SSSR count). The van der Waals surface area contributed by atoms with Gasteiger partial charge >= 0.3 is 0 Å². The molecular formula is C25H34N4O4. The summed E-state index contributed by atoms with van der Waals surface area (Å²) >= 11 is 0. The van der Waals surface area contributed by atoms with E-state index in [4.69, 9.17) is 0 Å². The third-order valence-electron chi connectivity index (χ3n) is 7.25. The molecule has 4 atom stereocenters. The van der Waals surface area contributed by atoms with Crippen LogP contribution in [0.4, 0.5) is 0 Å². The maximum Gasteiger partial charge on any atom is 0.262 e. The molecular weight excluding hydrogens is 420 g/mol. The van der Waals surface area contributed by atoms with Gasteiger partial charge in [-0.25, -0.2) is 0 Å². The van der Waals surface area contributed by atoms with E-state index in [-0.39, 0.29) is 24.8 Å². The summed E-state index contributed by atoms with van der Waals surface area (Å²) in [6.07, 6.45) is 2.45. The molecule has 2 saturated heterocycles. The Bertz CT molecular complexity index is 975. The van der Waals surface area contributed by atoms with E-state index in [0.717, 1.165) is 29.8 Å². The summed E-state index contributed by atoms with van der Waals surface area (Å²) in [6, 6.07) is 5.38. The molecule has 0 spiro atoms. The summed E-state index contributed by atoms with van der Waals surface area (Å²) in [5, 5.41) is 5.86. The van der Waals surface area contributed by atoms with Crippen molar-refractivity contribution >= 4 is 23.6 Å². The third-order valence-corrected chi connectivity index (χ3v) is 7.25. The zero-order chi connectivity index (χ0) is 23.9. The number of piperidine rings is 1. The first-order valence-electron chi connectivity index (χ1n) is 12.0. The highest BCUT2D eigenvalue weighted by Crippen LogP contribution is 2.32. The van der Waals surface area contributed by atoms with E-state index in [0.29, 0.717) is 35.7 Å². The Morgan fingerprint density at radius 1 is 1.09 bits per heavy atom. The number of hydrogen-bond acceptors (Lipinski definition) is 6. The first-order chi connectivity index (χ1) is 15.7. The SMILES string of the molecule is CC(C)CCC1C(C)NCC(C)N1Cc1cccc2c1C(=O)N(C1CCC(=O)NC1=O)C2=O. The lowest BCUT2D eigenvalue weighted by Crippen LogP contribution is -2.60. The van der Waals surface area contributed by atoms with Crippen molar-refractivity contribution in [1.29, 1.82) is 0 Å². The fourth-order valence-electron chi connectivity index (χ4n) is 5.33. The Morgan fingerprint density at radius 3 is 2.55 bits per heavy atom. The number of fused-ring (bicyclic) bond motifs is 1. The van der Waals surface area contributed by atoms with E-state index in [9.17, 15) is 19.2 Å². The molecule has 1 aromatic rings. The van der Waals surface area contributed by atoms with Gasteiger partial charge in [0, 0.05) is 37.6 Å². The fraction of sp³-hybridized carbons (Fsp3) is 0.600. The van der Waals surface area contributed by atoms with Crippen molar-refractivity contribution in [3.8, 4) is 0 Å². The van der Waals surface area contributed by atoms with E-state index in [2.05, 4.69) is 43.2 Å². The molecule has 3 aliphatic rings. The summed E-state index contributed by atoms with van der Waals surface area (Å²) in [6.45, 7) is 10.3. The van der Waals surface area contributed by atoms with Gasteiger partial charge in [0.15, 0.2) is 0 Å². The van der Waals surface area contributed by atoms with Crippen molar-refractivity contribution in [3.63, 3.8) is 0 Å². The average molecular weight is 455 g/mol. The lowest BCUT2D eigenvalue weighted by Gasteiger charge is -2.45. The van der Waals surface area contributed by atoms with Crippen molar-refractivity contribution in [2.24, 2.45) is 5.92 Å². The van der Waals surface area contributed by atoms with Crippen LogP contribution in [0.15, 0.2) is 18.2 Å². The number of benzene rings is 1. The highest BCUT2D eigenvalue weighted by atomic mass is 16.2. The Hall–Kier alpha value is -2.58. The van der Waals surface area contributed by atoms with E-state index in [1.807, 2.05) is 12.1 Å². The number of amides is 4. The molecule has 3 aliphatic heterocycles. The number of carbonyl (C=O) groups is 4. The van der Waals surface area contributed by atoms with Gasteiger partial charge < -0.3 is 5.32 Å². The van der Waals surface area contributed by atoms with Crippen molar-refractivity contribution in [3.05, 3.63) is 34.9 Å². The van der Waals surface area contributed by atoms with Gasteiger partial charge in [-0.1, -0.05) is 26.0 Å². The molecule has 33 heavy (non-hydrogen) atoms. The molecule has 4 unspecified atom stereocenters. The average Bonchev–Trinajstić information content (AvgIpc) is 3.01. The number of carbonyl (C=O) groups excluding carboxylic acids is 4. The second-order valence-corrected chi connectivity index (χ2v) is 10.0. The van der Waals surface area contributed by atoms with Gasteiger partial charge in [-0.2, -0.15) is 0 Å². The van der Waals surface area contributed by atoms with Crippen LogP contribution in [0.3, 0.4) is 0 Å². The second kappa shape index (κ2) is 9.35. The smallest absolute Gasteiger partial charge is 0.262 e. The van der Waals surface area contributed by atoms with Crippen molar-refractivity contribution in [1.82, 2.24) is 20.4 Å². The zero-order valence-electron chi connectivity index (χ0n) is 19.9. The van der Waals surface area contributed by atoms with Gasteiger partial charge in [0.2, 0.25) is 11.8 Å². The normalized spacial score (nSPS) is 28.5. The van der Waals surface area contributed by atoms with Gasteiger partial charge in [-0.15, -0.1) is 0 Å². The molecule has 0 bridgehead atoms. The van der Waals surface area contributed by atoms with Crippen LogP contribution in [0.1, 0.15) is 79.7 Å². The van der Waals surface area contributed by atoms with E-state index in [1.165, 1.54) is 0 Å². The van der Waals surface area contributed by atoms with Crippen molar-refractivity contribution in [2.75, 3.05) is 6.54 Å². The molecule has 3 heterocycles. The number of nitrogens with one attached hydrogen (secondary N) is 2. The largest absolute Gasteiger partial charge is 0.311 e. The first-order valence-corrected chi connectivity index (χ1v) is 12.0. The quantitative estimate of drug-likeness (QED) is 0.639. The van der Waals surface area contributed by atoms with Crippen LogP contribution < -0.4 is 10.6 Å². The monoisotopic (exact) mass is 454 g/mol. The molecule has 8 heteroatoms. The maximum atomic E-state index is 13.4. The van der Waals surface area contributed by atoms with E-state index in [1.54, 1.807) is 6.07 Å². The molecule has 2 N–H and O–H groups in total. The molecule has 1 aromatic carbocycles. The third kappa shape index (κ3) is 4.46. The van der Waals surface area contributed by atoms with Crippen LogP contribution in [0.5, 0.6) is 0 Å². The molecule has 0 radical (unpaired) electrons. The molecule has 8 nitrogen and oxygen atoms in total. The van der Waals surface area contributed by atoms with Crippen LogP contribution in [0, 0.1) is 5.92 Å². The topological polar surface area (TPSA) is 98.8 Å². The van der Waals surface area contributed by atoms with Crippen molar-refractivity contribution in [2.45, 2.75) is 84.1 Å². The van der Waals surface area contributed by atoms with Gasteiger partial charge in [0.25, 0.3) is 11.8 Å². The lowest BCUT2D eigenvalue weighted by molar-refractivity contribution is -0.136. The van der Waals surface area contributed by atoms with Crippen LogP contribution in [0.25, 0.3) is 0 Å². The Labute approximate surface area is 195 Å². The summed E-state index contributed by atoms with van der Waals surface area (Å²) < 4.78 is 0. The Kier molecular flexibility index (Phi) is 6.68. The highest BCUT2D eigenvalue weighted by molar-refractivity contribution is 6.24. The Morgan fingerprint density at radius 2 is 1.85 bits per heavy atom. The van der Waals surface area contributed by atoms with Gasteiger partial charge in [0.05, 0.1) is 11.1 Å². The molecule has 2 fully saturated rings. The van der Waals surface area contributed by atoms with Gasteiger partial charge in [0.1, 0.15) is 6.04 Å². The summed E-state index contributed by atoms with van der Waals surface area (Å²) in [4.78, 5) is 54.0. The number of rotatable bonds is 6. The molecule has 178 valence electrons. The predicted octanol–water partition coefficient (Wildman–Crippen LogP) is 2.07. The van der Waals surface area contributed by atoms with E-state index < -0.39 is 23.8 Å². The lowest BCUT2D eigenvalue weighted by atomic mass is 9.92. The van der Waals surface area contributed by atoms with Crippen LogP contribution in [-0.4, -0.2) is 64.1 Å². The summed E-state index contributed by atoms with van der Waals surface area (Å²) in [7, 11) is 0. The number of hydrogen-bond donors (Lipinski definition) is 2. The predicted molar refractivity (Wildman–Crippen MR) is 123 cm³/mol. The minimum absolute atomic E-state index is 0.115. The fourth-order valence-corrected chi connectivity index (χ4v) is 5.33. The maximum absolute atomic E-state index is 13.4. The molecule has 0 aliphatic carbocycles. The van der Waals surface area contributed by atoms with Crippen LogP contribution in [0.2, 0.25) is 0 Å². The molecule has 0 aromatic heterocycles. The molecule has 4 amide bonds. The summed E-state index contributed by atoms with van der Waals surface area (Å²) in [5.41, 5.74) is 1.56.